The van der Waals surface area contributed by atoms with E-state index in [1.807, 2.05) is 20.8 Å². The van der Waals surface area contributed by atoms with Crippen LogP contribution in [0.1, 0.15) is 20.8 Å². The van der Waals surface area contributed by atoms with Crippen LogP contribution < -0.4 is 5.32 Å². The number of aliphatic hydroxyl groups excluding tert-OH is 1. The smallest absolute Gasteiger partial charge is 0.410 e. The van der Waals surface area contributed by atoms with Crippen molar-refractivity contribution in [3.05, 3.63) is 0 Å². The van der Waals surface area contributed by atoms with E-state index in [1.165, 1.54) is 0 Å². The monoisotopic (exact) mass is 214 g/mol. The van der Waals surface area contributed by atoms with Gasteiger partial charge in [0.1, 0.15) is 5.60 Å². The summed E-state index contributed by atoms with van der Waals surface area (Å²) in [6.45, 7) is 6.65. The van der Waals surface area contributed by atoms with E-state index in [9.17, 15) is 9.90 Å². The van der Waals surface area contributed by atoms with Crippen LogP contribution in [-0.2, 0) is 4.74 Å². The van der Waals surface area contributed by atoms with Crippen molar-refractivity contribution >= 4 is 6.09 Å². The predicted octanol–water partition coefficient (Wildman–Crippen LogP) is -0.0616. The second-order valence-corrected chi connectivity index (χ2v) is 5.20. The van der Waals surface area contributed by atoms with Crippen LogP contribution in [0.5, 0.6) is 0 Å². The van der Waals surface area contributed by atoms with Crippen LogP contribution >= 0.6 is 0 Å². The number of carbonyl (C=O) groups is 1. The highest BCUT2D eigenvalue weighted by atomic mass is 16.6. The summed E-state index contributed by atoms with van der Waals surface area (Å²) in [7, 11) is 0. The van der Waals surface area contributed by atoms with Gasteiger partial charge in [-0.15, -0.1) is 0 Å². The zero-order chi connectivity index (χ0) is 11.2. The van der Waals surface area contributed by atoms with Gasteiger partial charge in [-0.2, -0.15) is 0 Å². The summed E-state index contributed by atoms with van der Waals surface area (Å²) in [6.07, 6.45) is -0.785. The van der Waals surface area contributed by atoms with Crippen LogP contribution in [0.15, 0.2) is 0 Å². The number of likely N-dealkylation sites (tertiary alicyclic amines) is 1. The van der Waals surface area contributed by atoms with Crippen molar-refractivity contribution in [2.75, 3.05) is 13.1 Å². The Morgan fingerprint density at radius 3 is 2.60 bits per heavy atom. The summed E-state index contributed by atoms with van der Waals surface area (Å²) in [4.78, 5) is 13.4. The highest BCUT2D eigenvalue weighted by Crippen LogP contribution is 2.26. The molecule has 2 aliphatic heterocycles. The maximum atomic E-state index is 11.8. The fourth-order valence-corrected chi connectivity index (χ4v) is 2.04. The van der Waals surface area contributed by atoms with E-state index in [2.05, 4.69) is 5.32 Å². The molecule has 0 bridgehead atoms. The molecule has 5 heteroatoms. The molecular weight excluding hydrogens is 196 g/mol. The number of carbonyl (C=O) groups excluding carboxylic acids is 1. The minimum atomic E-state index is -0.475. The molecule has 0 radical (unpaired) electrons. The van der Waals surface area contributed by atoms with Gasteiger partial charge >= 0.3 is 6.09 Å². The van der Waals surface area contributed by atoms with Crippen molar-refractivity contribution in [3.63, 3.8) is 0 Å². The number of hydrogen-bond donors (Lipinski definition) is 2. The zero-order valence-corrected chi connectivity index (χ0v) is 9.36. The van der Waals surface area contributed by atoms with E-state index in [-0.39, 0.29) is 18.2 Å². The summed E-state index contributed by atoms with van der Waals surface area (Å²) in [6, 6.07) is 0.146. The van der Waals surface area contributed by atoms with Crippen LogP contribution in [-0.4, -0.2) is 53.0 Å². The molecule has 1 amide bonds. The summed E-state index contributed by atoms with van der Waals surface area (Å²) >= 11 is 0. The lowest BCUT2D eigenvalue weighted by Gasteiger charge is -2.37. The fraction of sp³-hybridized carbons (Fsp3) is 0.900. The molecular formula is C10H18N2O3. The molecule has 2 aliphatic rings. The van der Waals surface area contributed by atoms with Crippen LogP contribution in [0.4, 0.5) is 4.79 Å². The summed E-state index contributed by atoms with van der Waals surface area (Å²) in [5.74, 6) is 0. The maximum Gasteiger partial charge on any atom is 0.410 e. The number of nitrogens with one attached hydrogen (secondary N) is 1. The first-order valence-electron chi connectivity index (χ1n) is 5.29. The lowest BCUT2D eigenvalue weighted by atomic mass is 10.00. The lowest BCUT2D eigenvalue weighted by molar-refractivity contribution is 0.0171. The SMILES string of the molecule is CC(C)(C)OC(=O)N1CC(O)C2NCC21. The molecule has 5 nitrogen and oxygen atoms in total. The van der Waals surface area contributed by atoms with Crippen LogP contribution in [0.2, 0.25) is 0 Å². The largest absolute Gasteiger partial charge is 0.444 e. The number of nitrogens with zero attached hydrogens (tertiary/aromatic N) is 1. The number of ether oxygens (including phenoxy) is 1. The Balaban J connectivity index is 1.97. The standard InChI is InChI=1S/C10H18N2O3/c1-10(2,3)15-9(14)12-5-7(13)8-6(12)4-11-8/h6-8,11,13H,4-5H2,1-3H3. The molecule has 0 aromatic rings. The van der Waals surface area contributed by atoms with Gasteiger partial charge in [0, 0.05) is 6.54 Å². The minimum Gasteiger partial charge on any atom is -0.444 e. The van der Waals surface area contributed by atoms with Crippen molar-refractivity contribution in [1.82, 2.24) is 10.2 Å². The van der Waals surface area contributed by atoms with Gasteiger partial charge in [0.15, 0.2) is 0 Å². The third kappa shape index (κ3) is 1.94. The molecule has 0 aromatic heterocycles. The Morgan fingerprint density at radius 2 is 2.20 bits per heavy atom. The van der Waals surface area contributed by atoms with Gasteiger partial charge in [-0.05, 0) is 20.8 Å². The fourth-order valence-electron chi connectivity index (χ4n) is 2.04. The molecule has 15 heavy (non-hydrogen) atoms. The van der Waals surface area contributed by atoms with Gasteiger partial charge in [-0.25, -0.2) is 4.79 Å². The molecule has 2 N–H and O–H groups in total. The average Bonchev–Trinajstić information content (AvgIpc) is 2.17. The van der Waals surface area contributed by atoms with Gasteiger partial charge in [0.2, 0.25) is 0 Å². The highest BCUT2D eigenvalue weighted by Gasteiger charge is 2.49. The van der Waals surface area contributed by atoms with Crippen LogP contribution in [0.25, 0.3) is 0 Å². The molecule has 0 spiro atoms. The molecule has 2 saturated heterocycles. The highest BCUT2D eigenvalue weighted by molar-refractivity contribution is 5.69. The third-order valence-electron chi connectivity index (χ3n) is 2.80. The summed E-state index contributed by atoms with van der Waals surface area (Å²) in [5, 5.41) is 12.7. The van der Waals surface area contributed by atoms with Crippen LogP contribution in [0.3, 0.4) is 0 Å². The minimum absolute atomic E-state index is 0.0394. The predicted molar refractivity (Wildman–Crippen MR) is 54.5 cm³/mol. The van der Waals surface area contributed by atoms with E-state index in [4.69, 9.17) is 4.74 Å². The third-order valence-corrected chi connectivity index (χ3v) is 2.80. The number of hydrogen-bond acceptors (Lipinski definition) is 4. The van der Waals surface area contributed by atoms with Crippen molar-refractivity contribution in [1.29, 1.82) is 0 Å². The molecule has 0 aromatic carbocycles. The summed E-state index contributed by atoms with van der Waals surface area (Å²) < 4.78 is 5.27. The van der Waals surface area contributed by atoms with Gasteiger partial charge < -0.3 is 15.2 Å². The molecule has 2 fully saturated rings. The molecule has 2 rings (SSSR count). The Hall–Kier alpha value is -0.810. The molecule has 3 atom stereocenters. The van der Waals surface area contributed by atoms with Crippen molar-refractivity contribution in [2.24, 2.45) is 0 Å². The Bertz CT molecular complexity index is 274. The molecule has 0 aliphatic carbocycles. The van der Waals surface area contributed by atoms with Crippen LogP contribution in [0, 0.1) is 0 Å². The second kappa shape index (κ2) is 3.35. The lowest BCUT2D eigenvalue weighted by Crippen LogP contribution is -2.62. The number of β-amino-alcohol motifs (C(OH)–C–C–N with tert-alkyl or cyclic N) is 1. The van der Waals surface area contributed by atoms with Gasteiger partial charge in [-0.1, -0.05) is 0 Å². The Labute approximate surface area is 89.4 Å². The van der Waals surface area contributed by atoms with Gasteiger partial charge in [0.25, 0.3) is 0 Å². The molecule has 2 heterocycles. The average molecular weight is 214 g/mol. The van der Waals surface area contributed by atoms with E-state index < -0.39 is 11.7 Å². The van der Waals surface area contributed by atoms with Gasteiger partial charge in [-0.3, -0.25) is 4.90 Å². The van der Waals surface area contributed by atoms with Gasteiger partial charge in [0.05, 0.1) is 24.7 Å². The first-order valence-corrected chi connectivity index (χ1v) is 5.29. The second-order valence-electron chi connectivity index (χ2n) is 5.20. The van der Waals surface area contributed by atoms with E-state index in [0.717, 1.165) is 6.54 Å². The first-order chi connectivity index (χ1) is 6.88. The normalized spacial score (nSPS) is 34.7. The number of fused-ring (bicyclic) bond motifs is 1. The van der Waals surface area contributed by atoms with Crippen molar-refractivity contribution in [2.45, 2.75) is 44.6 Å². The maximum absolute atomic E-state index is 11.8. The zero-order valence-electron chi connectivity index (χ0n) is 9.36. The number of rotatable bonds is 0. The topological polar surface area (TPSA) is 61.8 Å². The van der Waals surface area contributed by atoms with Crippen molar-refractivity contribution in [3.8, 4) is 0 Å². The Kier molecular flexibility index (Phi) is 2.39. The number of amides is 1. The molecule has 3 unspecified atom stereocenters. The van der Waals surface area contributed by atoms with E-state index in [1.54, 1.807) is 4.90 Å². The number of aliphatic hydroxyl groups is 1. The first kappa shape index (κ1) is 10.7. The van der Waals surface area contributed by atoms with E-state index >= 15 is 0 Å². The molecule has 0 saturated carbocycles. The van der Waals surface area contributed by atoms with E-state index in [0.29, 0.717) is 6.54 Å². The molecule has 86 valence electrons. The van der Waals surface area contributed by atoms with Crippen molar-refractivity contribution < 1.29 is 14.6 Å². The summed E-state index contributed by atoms with van der Waals surface area (Å²) in [5.41, 5.74) is -0.475. The Morgan fingerprint density at radius 1 is 1.53 bits per heavy atom. The quantitative estimate of drug-likeness (QED) is 0.593.